The van der Waals surface area contributed by atoms with Gasteiger partial charge < -0.3 is 5.32 Å². The van der Waals surface area contributed by atoms with Gasteiger partial charge >= 0.3 is 0 Å². The van der Waals surface area contributed by atoms with E-state index in [2.05, 4.69) is 15.3 Å². The van der Waals surface area contributed by atoms with Crippen molar-refractivity contribution >= 4 is 10.0 Å². The van der Waals surface area contributed by atoms with Crippen LogP contribution in [0.25, 0.3) is 0 Å². The number of hydrogen-bond acceptors (Lipinski definition) is 5. The van der Waals surface area contributed by atoms with Crippen LogP contribution in [0.5, 0.6) is 0 Å². The van der Waals surface area contributed by atoms with Gasteiger partial charge in [0.25, 0.3) is 0 Å². The van der Waals surface area contributed by atoms with Crippen molar-refractivity contribution in [1.82, 2.24) is 19.6 Å². The molecule has 1 fully saturated rings. The first-order valence-corrected chi connectivity index (χ1v) is 8.19. The number of sulfonamides is 1. The van der Waals surface area contributed by atoms with Gasteiger partial charge in [-0.25, -0.2) is 22.7 Å². The first-order chi connectivity index (χ1) is 9.12. The first kappa shape index (κ1) is 14.4. The summed E-state index contributed by atoms with van der Waals surface area (Å²) in [4.78, 5) is 8.02. The fraction of sp³-hybridized carbons (Fsp3) is 0.667. The van der Waals surface area contributed by atoms with Gasteiger partial charge in [0.1, 0.15) is 6.33 Å². The van der Waals surface area contributed by atoms with Gasteiger partial charge in [-0.1, -0.05) is 0 Å². The van der Waals surface area contributed by atoms with Crippen LogP contribution in [-0.2, 0) is 16.6 Å². The highest BCUT2D eigenvalue weighted by molar-refractivity contribution is 7.89. The quantitative estimate of drug-likeness (QED) is 0.846. The van der Waals surface area contributed by atoms with Gasteiger partial charge in [-0.3, -0.25) is 0 Å². The summed E-state index contributed by atoms with van der Waals surface area (Å²) >= 11 is 0. The monoisotopic (exact) mass is 284 g/mol. The molecule has 0 atom stereocenters. The molecule has 0 radical (unpaired) electrons. The van der Waals surface area contributed by atoms with E-state index in [9.17, 15) is 8.42 Å². The largest absolute Gasteiger partial charge is 0.308 e. The van der Waals surface area contributed by atoms with Crippen molar-refractivity contribution in [3.8, 4) is 0 Å². The Kier molecular flexibility index (Phi) is 4.84. The predicted molar refractivity (Wildman–Crippen MR) is 72.9 cm³/mol. The minimum absolute atomic E-state index is 0.187. The molecule has 1 aliphatic rings. The molecular formula is C12H20N4O2S. The smallest absolute Gasteiger partial charge is 0.213 e. The highest BCUT2D eigenvalue weighted by Gasteiger charge is 2.26. The molecule has 1 aliphatic heterocycles. The van der Waals surface area contributed by atoms with Crippen LogP contribution in [0.3, 0.4) is 0 Å². The summed E-state index contributed by atoms with van der Waals surface area (Å²) in [6, 6.07) is 2.24. The predicted octanol–water partition coefficient (Wildman–Crippen LogP) is 0.380. The van der Waals surface area contributed by atoms with Crippen molar-refractivity contribution in [3.05, 3.63) is 24.3 Å². The van der Waals surface area contributed by atoms with Gasteiger partial charge in [-0.15, -0.1) is 0 Å². The molecule has 6 nitrogen and oxygen atoms in total. The van der Waals surface area contributed by atoms with Crippen LogP contribution >= 0.6 is 0 Å². The summed E-state index contributed by atoms with van der Waals surface area (Å²) < 4.78 is 25.1. The summed E-state index contributed by atoms with van der Waals surface area (Å²) in [5.74, 6) is 0.187. The molecule has 0 unspecified atom stereocenters. The standard InChI is InChI=1S/C12H20N4O2S/c1-2-19(17,18)16-7-4-11(5-8-16)14-9-12-3-6-13-10-15-12/h3,6,10-11,14H,2,4-5,7-9H2,1H3. The highest BCUT2D eigenvalue weighted by Crippen LogP contribution is 2.14. The van der Waals surface area contributed by atoms with E-state index in [0.29, 0.717) is 25.7 Å². The lowest BCUT2D eigenvalue weighted by atomic mass is 10.1. The zero-order valence-electron chi connectivity index (χ0n) is 11.1. The Morgan fingerprint density at radius 3 is 2.74 bits per heavy atom. The molecule has 2 heterocycles. The number of hydrogen-bond donors (Lipinski definition) is 1. The third kappa shape index (κ3) is 3.95. The summed E-state index contributed by atoms with van der Waals surface area (Å²) in [7, 11) is -3.03. The van der Waals surface area contributed by atoms with Crippen LogP contribution < -0.4 is 5.32 Å². The Morgan fingerprint density at radius 1 is 1.42 bits per heavy atom. The number of nitrogens with zero attached hydrogens (tertiary/aromatic N) is 3. The third-order valence-electron chi connectivity index (χ3n) is 3.43. The summed E-state index contributed by atoms with van der Waals surface area (Å²) in [5.41, 5.74) is 0.957. The molecule has 1 aromatic rings. The summed E-state index contributed by atoms with van der Waals surface area (Å²) in [5, 5.41) is 3.42. The van der Waals surface area contributed by atoms with E-state index in [1.54, 1.807) is 17.4 Å². The lowest BCUT2D eigenvalue weighted by molar-refractivity contribution is 0.288. The lowest BCUT2D eigenvalue weighted by Crippen LogP contribution is -2.45. The molecule has 7 heteroatoms. The van der Waals surface area contributed by atoms with Crippen molar-refractivity contribution in [2.45, 2.75) is 32.4 Å². The van der Waals surface area contributed by atoms with Crippen LogP contribution in [0.15, 0.2) is 18.6 Å². The van der Waals surface area contributed by atoms with Crippen LogP contribution in [0.4, 0.5) is 0 Å². The summed E-state index contributed by atoms with van der Waals surface area (Å²) in [6.07, 6.45) is 4.96. The number of piperidine rings is 1. The topological polar surface area (TPSA) is 75.2 Å². The molecule has 1 saturated heterocycles. The zero-order chi connectivity index (χ0) is 13.7. The maximum absolute atomic E-state index is 11.7. The minimum atomic E-state index is -3.03. The van der Waals surface area contributed by atoms with Gasteiger partial charge in [-0.05, 0) is 25.8 Å². The summed E-state index contributed by atoms with van der Waals surface area (Å²) in [6.45, 7) is 3.61. The third-order valence-corrected chi connectivity index (χ3v) is 5.31. The fourth-order valence-electron chi connectivity index (χ4n) is 2.19. The molecule has 1 aromatic heterocycles. The molecular weight excluding hydrogens is 264 g/mol. The van der Waals surface area contributed by atoms with Gasteiger partial charge in [0.15, 0.2) is 0 Å². The average molecular weight is 284 g/mol. The first-order valence-electron chi connectivity index (χ1n) is 6.58. The molecule has 0 spiro atoms. The Bertz CT molecular complexity index is 484. The number of aromatic nitrogens is 2. The molecule has 0 saturated carbocycles. The Hall–Kier alpha value is -1.05. The molecule has 19 heavy (non-hydrogen) atoms. The van der Waals surface area contributed by atoms with E-state index in [1.807, 2.05) is 6.07 Å². The molecule has 106 valence electrons. The molecule has 0 bridgehead atoms. The maximum atomic E-state index is 11.7. The van der Waals surface area contributed by atoms with Crippen molar-refractivity contribution in [3.63, 3.8) is 0 Å². The minimum Gasteiger partial charge on any atom is -0.308 e. The second-order valence-corrected chi connectivity index (χ2v) is 6.91. The van der Waals surface area contributed by atoms with Crippen molar-refractivity contribution in [1.29, 1.82) is 0 Å². The van der Waals surface area contributed by atoms with E-state index in [1.165, 1.54) is 6.33 Å². The van der Waals surface area contributed by atoms with Crippen LogP contribution in [0.1, 0.15) is 25.5 Å². The SMILES string of the molecule is CCS(=O)(=O)N1CCC(NCc2ccncn2)CC1. The van der Waals surface area contributed by atoms with Crippen molar-refractivity contribution in [2.75, 3.05) is 18.8 Å². The normalized spacial score (nSPS) is 18.6. The highest BCUT2D eigenvalue weighted by atomic mass is 32.2. The fourth-order valence-corrected chi connectivity index (χ4v) is 3.32. The molecule has 2 rings (SSSR count). The second kappa shape index (κ2) is 6.40. The Labute approximate surface area is 114 Å². The van der Waals surface area contributed by atoms with Crippen molar-refractivity contribution < 1.29 is 8.42 Å². The van der Waals surface area contributed by atoms with E-state index in [0.717, 1.165) is 18.5 Å². The van der Waals surface area contributed by atoms with Crippen LogP contribution in [-0.4, -0.2) is 47.6 Å². The van der Waals surface area contributed by atoms with E-state index in [-0.39, 0.29) is 5.75 Å². The van der Waals surface area contributed by atoms with Gasteiger partial charge in [0.2, 0.25) is 10.0 Å². The van der Waals surface area contributed by atoms with Crippen LogP contribution in [0.2, 0.25) is 0 Å². The average Bonchev–Trinajstić information content (AvgIpc) is 2.47. The van der Waals surface area contributed by atoms with E-state index in [4.69, 9.17) is 0 Å². The van der Waals surface area contributed by atoms with Gasteiger partial charge in [-0.2, -0.15) is 0 Å². The molecule has 0 amide bonds. The zero-order valence-corrected chi connectivity index (χ0v) is 11.9. The van der Waals surface area contributed by atoms with E-state index < -0.39 is 10.0 Å². The van der Waals surface area contributed by atoms with Crippen molar-refractivity contribution in [2.24, 2.45) is 0 Å². The van der Waals surface area contributed by atoms with Crippen LogP contribution in [0, 0.1) is 0 Å². The number of rotatable bonds is 5. The maximum Gasteiger partial charge on any atom is 0.213 e. The Balaban J connectivity index is 1.78. The second-order valence-electron chi connectivity index (χ2n) is 4.66. The lowest BCUT2D eigenvalue weighted by Gasteiger charge is -2.31. The molecule has 1 N–H and O–H groups in total. The van der Waals surface area contributed by atoms with E-state index >= 15 is 0 Å². The molecule has 0 aliphatic carbocycles. The Morgan fingerprint density at radius 2 is 2.16 bits per heavy atom. The van der Waals surface area contributed by atoms with Gasteiger partial charge in [0, 0.05) is 31.9 Å². The van der Waals surface area contributed by atoms with Gasteiger partial charge in [0.05, 0.1) is 11.4 Å². The molecule has 0 aromatic carbocycles. The number of nitrogens with one attached hydrogen (secondary N) is 1.